The summed E-state index contributed by atoms with van der Waals surface area (Å²) < 4.78 is 7.30. The van der Waals surface area contributed by atoms with Gasteiger partial charge in [0.2, 0.25) is 0 Å². The van der Waals surface area contributed by atoms with Crippen molar-refractivity contribution in [1.29, 1.82) is 0 Å². The van der Waals surface area contributed by atoms with Gasteiger partial charge in [0.1, 0.15) is 0 Å². The van der Waals surface area contributed by atoms with Crippen LogP contribution < -0.4 is 5.32 Å². The molecule has 5 nitrogen and oxygen atoms in total. The lowest BCUT2D eigenvalue weighted by atomic mass is 10.1. The molecule has 1 aromatic heterocycles. The number of carbonyl (C=O) groups excluding carboxylic acids is 1. The lowest BCUT2D eigenvalue weighted by molar-refractivity contribution is 0.0655. The molecule has 0 radical (unpaired) electrons. The first-order valence-electron chi connectivity index (χ1n) is 5.74. The maximum absolute atomic E-state index is 11.7. The van der Waals surface area contributed by atoms with Crippen LogP contribution >= 0.6 is 12.2 Å². The Morgan fingerprint density at radius 1 is 1.47 bits per heavy atom. The molecule has 0 bridgehead atoms. The van der Waals surface area contributed by atoms with E-state index in [1.165, 1.54) is 0 Å². The molecule has 0 unspecified atom stereocenters. The van der Waals surface area contributed by atoms with Gasteiger partial charge in [0.15, 0.2) is 0 Å². The lowest BCUT2D eigenvalue weighted by Crippen LogP contribution is -2.37. The number of hydrogen-bond acceptors (Lipinski definition) is 4. The van der Waals surface area contributed by atoms with Crippen molar-refractivity contribution in [2.75, 3.05) is 13.2 Å². The van der Waals surface area contributed by atoms with E-state index < -0.39 is 0 Å². The van der Waals surface area contributed by atoms with Crippen LogP contribution in [0.25, 0.3) is 0 Å². The summed E-state index contributed by atoms with van der Waals surface area (Å²) in [5, 5.41) is 7.01. The summed E-state index contributed by atoms with van der Waals surface area (Å²) >= 11 is 5.09. The zero-order valence-corrected chi connectivity index (χ0v) is 10.1. The monoisotopic (exact) mass is 251 g/mol. The largest absolute Gasteiger partial charge is 0.381 e. The van der Waals surface area contributed by atoms with E-state index in [1.807, 2.05) is 4.68 Å². The van der Waals surface area contributed by atoms with Gasteiger partial charge in [-0.05, 0) is 12.8 Å². The summed E-state index contributed by atoms with van der Waals surface area (Å²) in [6.45, 7) is 1.52. The van der Waals surface area contributed by atoms with Crippen molar-refractivity contribution in [3.63, 3.8) is 0 Å². The minimum atomic E-state index is -0.130. The molecule has 1 amide bonds. The Balaban J connectivity index is 1.96. The molecule has 90 valence electrons. The van der Waals surface area contributed by atoms with Crippen LogP contribution in [0.5, 0.6) is 0 Å². The van der Waals surface area contributed by atoms with Gasteiger partial charge in [0.25, 0.3) is 5.91 Å². The highest BCUT2D eigenvalue weighted by Crippen LogP contribution is 2.25. The molecule has 0 spiro atoms. The van der Waals surface area contributed by atoms with Crippen molar-refractivity contribution in [3.05, 3.63) is 17.5 Å². The quantitative estimate of drug-likeness (QED) is 0.752. The fourth-order valence-electron chi connectivity index (χ4n) is 2.39. The lowest BCUT2D eigenvalue weighted by Gasteiger charge is -2.25. The number of nitrogens with zero attached hydrogens (tertiary/aromatic N) is 2. The van der Waals surface area contributed by atoms with Crippen LogP contribution in [0.3, 0.4) is 0 Å². The molecule has 1 aromatic rings. The van der Waals surface area contributed by atoms with E-state index in [0.717, 1.165) is 31.7 Å². The topological polar surface area (TPSA) is 56.2 Å². The maximum Gasteiger partial charge on any atom is 0.259 e. The summed E-state index contributed by atoms with van der Waals surface area (Å²) in [6, 6.07) is 0.334. The van der Waals surface area contributed by atoms with Crippen LogP contribution in [0.2, 0.25) is 0 Å². The molecule has 0 aliphatic carbocycles. The molecule has 1 N–H and O–H groups in total. The van der Waals surface area contributed by atoms with E-state index in [0.29, 0.717) is 23.0 Å². The molecule has 3 heterocycles. The normalized spacial score (nSPS) is 21.2. The Hall–Kier alpha value is -1.27. The van der Waals surface area contributed by atoms with E-state index in [9.17, 15) is 4.79 Å². The van der Waals surface area contributed by atoms with Crippen LogP contribution in [0.15, 0.2) is 6.20 Å². The molecule has 0 saturated carbocycles. The number of nitrogens with one attached hydrogen (secondary N) is 1. The van der Waals surface area contributed by atoms with Crippen molar-refractivity contribution in [1.82, 2.24) is 15.1 Å². The predicted molar refractivity (Wildman–Crippen MR) is 65.1 cm³/mol. The summed E-state index contributed by atoms with van der Waals surface area (Å²) in [6.07, 6.45) is 4.14. The number of carbonyl (C=O) groups is 1. The Labute approximate surface area is 104 Å². The van der Waals surface area contributed by atoms with Gasteiger partial charge in [0, 0.05) is 19.6 Å². The second kappa shape index (κ2) is 4.19. The third-order valence-corrected chi connectivity index (χ3v) is 3.51. The number of ether oxygens (including phenoxy) is 1. The van der Waals surface area contributed by atoms with Crippen molar-refractivity contribution in [3.8, 4) is 0 Å². The van der Waals surface area contributed by atoms with Crippen LogP contribution in [0.4, 0.5) is 0 Å². The molecule has 1 fully saturated rings. The Kier molecular flexibility index (Phi) is 2.68. The summed E-state index contributed by atoms with van der Waals surface area (Å²) in [7, 11) is 0. The highest BCUT2D eigenvalue weighted by Gasteiger charge is 2.28. The van der Waals surface area contributed by atoms with E-state index in [-0.39, 0.29) is 5.91 Å². The molecular weight excluding hydrogens is 238 g/mol. The zero-order chi connectivity index (χ0) is 11.8. The highest BCUT2D eigenvalue weighted by molar-refractivity contribution is 7.80. The maximum atomic E-state index is 11.7. The first-order chi connectivity index (χ1) is 8.25. The first-order valence-corrected chi connectivity index (χ1v) is 6.15. The molecule has 3 rings (SSSR count). The number of hydrogen-bond donors (Lipinski definition) is 1. The van der Waals surface area contributed by atoms with E-state index in [1.54, 1.807) is 6.20 Å². The molecule has 1 saturated heterocycles. The third-order valence-electron chi connectivity index (χ3n) is 3.26. The Morgan fingerprint density at radius 3 is 3.00 bits per heavy atom. The average molecular weight is 251 g/mol. The van der Waals surface area contributed by atoms with Gasteiger partial charge in [-0.1, -0.05) is 12.2 Å². The Bertz CT molecular complexity index is 477. The smallest absolute Gasteiger partial charge is 0.259 e. The molecule has 17 heavy (non-hydrogen) atoms. The van der Waals surface area contributed by atoms with Crippen molar-refractivity contribution in [2.24, 2.45) is 0 Å². The molecular formula is C11H13N3O2S. The number of rotatable bonds is 1. The van der Waals surface area contributed by atoms with Gasteiger partial charge in [-0.3, -0.25) is 9.48 Å². The minimum Gasteiger partial charge on any atom is -0.381 e. The highest BCUT2D eigenvalue weighted by atomic mass is 32.1. The number of aromatic nitrogens is 2. The molecule has 0 aromatic carbocycles. The summed E-state index contributed by atoms with van der Waals surface area (Å²) in [4.78, 5) is 12.3. The fourth-order valence-corrected chi connectivity index (χ4v) is 2.62. The van der Waals surface area contributed by atoms with Gasteiger partial charge in [-0.15, -0.1) is 0 Å². The first kappa shape index (κ1) is 10.9. The number of thiocarbonyl (C=S) groups is 1. The van der Waals surface area contributed by atoms with Crippen LogP contribution in [-0.2, 0) is 11.2 Å². The third kappa shape index (κ3) is 1.87. The number of amides is 1. The summed E-state index contributed by atoms with van der Waals surface area (Å²) in [5.74, 6) is -0.130. The van der Waals surface area contributed by atoms with Gasteiger partial charge in [-0.25, -0.2) is 0 Å². The molecule has 2 aliphatic heterocycles. The zero-order valence-electron chi connectivity index (χ0n) is 9.31. The van der Waals surface area contributed by atoms with Gasteiger partial charge >= 0.3 is 0 Å². The van der Waals surface area contributed by atoms with Crippen molar-refractivity contribution < 1.29 is 9.53 Å². The minimum absolute atomic E-state index is 0.130. The van der Waals surface area contributed by atoms with Crippen molar-refractivity contribution in [2.45, 2.75) is 25.3 Å². The number of fused-ring (bicyclic) bond motifs is 1. The van der Waals surface area contributed by atoms with Gasteiger partial charge < -0.3 is 10.1 Å². The second-order valence-corrected chi connectivity index (χ2v) is 4.84. The standard InChI is InChI=1S/C11H13N3O2S/c15-11-8-6-12-14(7-1-3-16-4-2-7)9(8)5-10(17)13-11/h6-7H,1-5H2,(H,13,15,17). The summed E-state index contributed by atoms with van der Waals surface area (Å²) in [5.41, 5.74) is 1.61. The van der Waals surface area contributed by atoms with E-state index in [2.05, 4.69) is 10.4 Å². The van der Waals surface area contributed by atoms with Crippen LogP contribution in [-0.4, -0.2) is 33.9 Å². The van der Waals surface area contributed by atoms with Crippen molar-refractivity contribution >= 4 is 23.1 Å². The molecule has 2 aliphatic rings. The molecule has 0 atom stereocenters. The Morgan fingerprint density at radius 2 is 2.24 bits per heavy atom. The second-order valence-electron chi connectivity index (χ2n) is 4.35. The SMILES string of the molecule is O=C1NC(=S)Cc2c1cnn2C1CCOCC1. The van der Waals surface area contributed by atoms with Gasteiger partial charge in [0.05, 0.1) is 28.5 Å². The van der Waals surface area contributed by atoms with E-state index in [4.69, 9.17) is 17.0 Å². The van der Waals surface area contributed by atoms with Gasteiger partial charge in [-0.2, -0.15) is 5.10 Å². The predicted octanol–water partition coefficient (Wildman–Crippen LogP) is 0.848. The van der Waals surface area contributed by atoms with Crippen LogP contribution in [0.1, 0.15) is 34.9 Å². The van der Waals surface area contributed by atoms with E-state index >= 15 is 0 Å². The van der Waals surface area contributed by atoms with Crippen LogP contribution in [0, 0.1) is 0 Å². The fraction of sp³-hybridized carbons (Fsp3) is 0.545. The molecule has 6 heteroatoms. The average Bonchev–Trinajstić information content (AvgIpc) is 2.74.